The second-order valence-corrected chi connectivity index (χ2v) is 10.4. The Morgan fingerprint density at radius 1 is 1.31 bits per heavy atom. The molecule has 0 aromatic carbocycles. The number of piperidine rings is 1. The highest BCUT2D eigenvalue weighted by atomic mass is 32.2. The third kappa shape index (κ3) is 4.77. The van der Waals surface area contributed by atoms with Gasteiger partial charge in [-0.1, -0.05) is 6.42 Å². The van der Waals surface area contributed by atoms with Crippen LogP contribution >= 0.6 is 0 Å². The van der Waals surface area contributed by atoms with E-state index in [4.69, 9.17) is 21.5 Å². The quantitative estimate of drug-likeness (QED) is 0.212. The van der Waals surface area contributed by atoms with Crippen LogP contribution in [0.5, 0.6) is 0 Å². The summed E-state index contributed by atoms with van der Waals surface area (Å²) in [4.78, 5) is 11.9. The van der Waals surface area contributed by atoms with Crippen LogP contribution in [0.15, 0.2) is 0 Å². The van der Waals surface area contributed by atoms with Gasteiger partial charge in [0, 0.05) is 37.1 Å². The number of carboxylic acid groups (broad SMARTS) is 1. The third-order valence-electron chi connectivity index (χ3n) is 6.40. The van der Waals surface area contributed by atoms with Gasteiger partial charge in [0.25, 0.3) is 10.2 Å². The van der Waals surface area contributed by atoms with Gasteiger partial charge in [0.05, 0.1) is 0 Å². The van der Waals surface area contributed by atoms with Gasteiger partial charge in [0.1, 0.15) is 5.54 Å². The summed E-state index contributed by atoms with van der Waals surface area (Å²) in [7, 11) is -5.42. The Hall–Kier alpha value is -0.795. The molecule has 0 spiro atoms. The van der Waals surface area contributed by atoms with Crippen LogP contribution in [0.1, 0.15) is 32.1 Å². The first-order valence-corrected chi connectivity index (χ1v) is 11.6. The van der Waals surface area contributed by atoms with Crippen LogP contribution in [0.3, 0.4) is 0 Å². The largest absolute Gasteiger partial charge is 0.480 e. The van der Waals surface area contributed by atoms with Gasteiger partial charge in [-0.15, -0.1) is 0 Å². The molecule has 3 rings (SSSR count). The maximum absolute atomic E-state index is 13.5. The summed E-state index contributed by atoms with van der Waals surface area (Å²) in [5.74, 6) is -1.86. The molecule has 2 saturated heterocycles. The summed E-state index contributed by atoms with van der Waals surface area (Å²) in [6.45, 7) is 1.14. The number of nitrogens with zero attached hydrogens (tertiary/aromatic N) is 2. The Labute approximate surface area is 171 Å². The van der Waals surface area contributed by atoms with Crippen molar-refractivity contribution in [1.82, 2.24) is 13.9 Å². The number of carboxylic acids is 1. The molecule has 2 unspecified atom stereocenters. The topological polar surface area (TPSA) is 182 Å². The number of hydrogen-bond acceptors (Lipinski definition) is 8. The highest BCUT2D eigenvalue weighted by molar-refractivity contribution is 7.86. The normalized spacial score (nSPS) is 33.9. The van der Waals surface area contributed by atoms with Crippen molar-refractivity contribution in [3.05, 3.63) is 0 Å². The summed E-state index contributed by atoms with van der Waals surface area (Å²) in [6, 6.07) is -0.629. The third-order valence-corrected chi connectivity index (χ3v) is 8.43. The number of hydrogen-bond donors (Lipinski definition) is 6. The van der Waals surface area contributed by atoms with Gasteiger partial charge in [0.15, 0.2) is 0 Å². The highest BCUT2D eigenvalue weighted by Gasteiger charge is 2.56. The minimum absolute atomic E-state index is 0.00388. The van der Waals surface area contributed by atoms with Crippen molar-refractivity contribution in [2.45, 2.75) is 62.1 Å². The lowest BCUT2D eigenvalue weighted by Gasteiger charge is -2.36. The van der Waals surface area contributed by atoms with Crippen LogP contribution < -0.4 is 16.8 Å². The molecule has 1 saturated carbocycles. The molecular weight excluding hydrogens is 401 g/mol. The van der Waals surface area contributed by atoms with E-state index in [2.05, 4.69) is 5.32 Å². The molecule has 13 heteroatoms. The molecule has 8 N–H and O–H groups in total. The zero-order valence-corrected chi connectivity index (χ0v) is 17.3. The average molecular weight is 433 g/mol. The van der Waals surface area contributed by atoms with E-state index in [-0.39, 0.29) is 37.5 Å². The van der Waals surface area contributed by atoms with Crippen molar-refractivity contribution in [3.63, 3.8) is 0 Å². The Morgan fingerprint density at radius 2 is 1.93 bits per heavy atom. The Kier molecular flexibility index (Phi) is 6.90. The molecule has 166 valence electrons. The number of aliphatic carboxylic acids is 1. The molecule has 0 aromatic rings. The Bertz CT molecular complexity index is 706. The molecule has 3 fully saturated rings. The van der Waals surface area contributed by atoms with E-state index in [1.807, 2.05) is 0 Å². The summed E-state index contributed by atoms with van der Waals surface area (Å²) < 4.78 is 29.8. The SMILES string of the molecule is NC1CC1N(C1CCNCC1)S(=O)(=O)N1C[C@H](CCCB(O)O)[C@](N)(C(=O)O)C1. The predicted octanol–water partition coefficient (Wildman–Crippen LogP) is -2.65. The fourth-order valence-corrected chi connectivity index (χ4v) is 6.71. The van der Waals surface area contributed by atoms with Crippen molar-refractivity contribution in [2.24, 2.45) is 17.4 Å². The second-order valence-electron chi connectivity index (χ2n) is 8.53. The van der Waals surface area contributed by atoms with Crippen LogP contribution in [-0.2, 0) is 15.0 Å². The molecule has 1 aliphatic carbocycles. The van der Waals surface area contributed by atoms with E-state index in [0.29, 0.717) is 32.1 Å². The lowest BCUT2D eigenvalue weighted by molar-refractivity contribution is -0.144. The molecule has 0 bridgehead atoms. The predicted molar refractivity (Wildman–Crippen MR) is 107 cm³/mol. The van der Waals surface area contributed by atoms with Gasteiger partial charge in [0.2, 0.25) is 0 Å². The summed E-state index contributed by atoms with van der Waals surface area (Å²) in [5.41, 5.74) is 10.4. The van der Waals surface area contributed by atoms with Gasteiger partial charge < -0.3 is 31.9 Å². The molecule has 0 radical (unpaired) electrons. The molecular formula is C16H32BN5O6S. The van der Waals surface area contributed by atoms with Gasteiger partial charge in [-0.05, 0) is 45.1 Å². The summed E-state index contributed by atoms with van der Waals surface area (Å²) in [6.07, 6.45) is 2.68. The fraction of sp³-hybridized carbons (Fsp3) is 0.938. The smallest absolute Gasteiger partial charge is 0.451 e. The van der Waals surface area contributed by atoms with E-state index < -0.39 is 34.8 Å². The molecule has 4 atom stereocenters. The van der Waals surface area contributed by atoms with Gasteiger partial charge in [-0.25, -0.2) is 0 Å². The summed E-state index contributed by atoms with van der Waals surface area (Å²) in [5, 5.41) is 31.0. The van der Waals surface area contributed by atoms with Crippen molar-refractivity contribution >= 4 is 23.3 Å². The van der Waals surface area contributed by atoms with Crippen LogP contribution in [0.25, 0.3) is 0 Å². The average Bonchev–Trinajstić information content (AvgIpc) is 3.23. The molecule has 3 aliphatic rings. The molecule has 2 heterocycles. The first-order valence-electron chi connectivity index (χ1n) is 10.2. The number of nitrogens with two attached hydrogens (primary N) is 2. The van der Waals surface area contributed by atoms with E-state index in [1.165, 1.54) is 8.61 Å². The van der Waals surface area contributed by atoms with E-state index in [0.717, 1.165) is 13.1 Å². The molecule has 0 aromatic heterocycles. The van der Waals surface area contributed by atoms with Crippen molar-refractivity contribution < 1.29 is 28.4 Å². The first kappa shape index (κ1) is 22.9. The summed E-state index contributed by atoms with van der Waals surface area (Å²) >= 11 is 0. The van der Waals surface area contributed by atoms with Crippen molar-refractivity contribution in [1.29, 1.82) is 0 Å². The van der Waals surface area contributed by atoms with E-state index in [9.17, 15) is 18.3 Å². The van der Waals surface area contributed by atoms with Crippen LogP contribution in [-0.4, -0.2) is 95.1 Å². The van der Waals surface area contributed by atoms with Gasteiger partial charge in [-0.3, -0.25) is 4.79 Å². The molecule has 2 aliphatic heterocycles. The van der Waals surface area contributed by atoms with Crippen LogP contribution in [0, 0.1) is 5.92 Å². The van der Waals surface area contributed by atoms with Gasteiger partial charge >= 0.3 is 13.1 Å². The number of nitrogens with one attached hydrogen (secondary N) is 1. The maximum Gasteiger partial charge on any atom is 0.451 e. The van der Waals surface area contributed by atoms with E-state index in [1.54, 1.807) is 0 Å². The Balaban J connectivity index is 1.80. The first-order chi connectivity index (χ1) is 13.6. The standard InChI is InChI=1S/C16H32BN5O6S/c18-13-8-14(13)22(12-3-6-20-7-4-12)29(27,28)21-9-11(2-1-5-17(25)26)16(19,10-21)15(23)24/h11-14,20,25-26H,1-10,18-19H2,(H,23,24)/t11-,13?,14?,16-/m0/s1. The van der Waals surface area contributed by atoms with Crippen LogP contribution in [0.2, 0.25) is 6.32 Å². The molecule has 29 heavy (non-hydrogen) atoms. The van der Waals surface area contributed by atoms with Gasteiger partial charge in [-0.2, -0.15) is 17.0 Å². The molecule has 11 nitrogen and oxygen atoms in total. The van der Waals surface area contributed by atoms with Crippen molar-refractivity contribution in [2.75, 3.05) is 26.2 Å². The lowest BCUT2D eigenvalue weighted by Crippen LogP contribution is -2.57. The maximum atomic E-state index is 13.5. The minimum atomic E-state index is -3.93. The second kappa shape index (κ2) is 8.75. The Morgan fingerprint density at radius 3 is 2.45 bits per heavy atom. The van der Waals surface area contributed by atoms with Crippen molar-refractivity contribution in [3.8, 4) is 0 Å². The monoisotopic (exact) mass is 433 g/mol. The zero-order chi connectivity index (χ0) is 21.4. The van der Waals surface area contributed by atoms with Crippen LogP contribution in [0.4, 0.5) is 0 Å². The number of rotatable bonds is 9. The lowest BCUT2D eigenvalue weighted by atomic mass is 9.78. The molecule has 0 amide bonds. The fourth-order valence-electron chi connectivity index (χ4n) is 4.53. The zero-order valence-electron chi connectivity index (χ0n) is 16.5. The minimum Gasteiger partial charge on any atom is -0.480 e. The van der Waals surface area contributed by atoms with E-state index >= 15 is 0 Å². The number of carbonyl (C=O) groups is 1. The highest BCUT2D eigenvalue weighted by Crippen LogP contribution is 2.38.